The molecule has 0 saturated carbocycles. The van der Waals surface area contributed by atoms with Gasteiger partial charge >= 0.3 is 21.7 Å². The zero-order valence-corrected chi connectivity index (χ0v) is 13.4. The van der Waals surface area contributed by atoms with Crippen molar-refractivity contribution in [1.29, 1.82) is 0 Å². The topological polar surface area (TPSA) is 0 Å². The molecule has 0 N–H and O–H groups in total. The Labute approximate surface area is 129 Å². The molecule has 1 aliphatic rings. The van der Waals surface area contributed by atoms with Gasteiger partial charge in [-0.15, -0.1) is 6.42 Å². The minimum absolute atomic E-state index is 0. The van der Waals surface area contributed by atoms with Crippen molar-refractivity contribution in [2.24, 2.45) is 5.92 Å². The smallest absolute Gasteiger partial charge is 1.00 e. The summed E-state index contributed by atoms with van der Waals surface area (Å²) in [5.74, 6) is 0.704. The Balaban J connectivity index is -0.0000000798. The van der Waals surface area contributed by atoms with E-state index < -0.39 is 0 Å². The molecule has 1 atom stereocenters. The van der Waals surface area contributed by atoms with Gasteiger partial charge in [0.25, 0.3) is 0 Å². The molecule has 0 amide bonds. The summed E-state index contributed by atoms with van der Waals surface area (Å²) in [7, 11) is 0. The van der Waals surface area contributed by atoms with E-state index in [1.54, 1.807) is 0 Å². The van der Waals surface area contributed by atoms with E-state index in [-0.39, 0.29) is 46.5 Å². The number of rotatable bonds is 4. The van der Waals surface area contributed by atoms with Gasteiger partial charge in [0.1, 0.15) is 0 Å². The number of unbranched alkanes of at least 4 members (excludes halogenated alkanes) is 1. The summed E-state index contributed by atoms with van der Waals surface area (Å²) in [6.07, 6.45) is 15.2. The SMILES string of the molecule is [C-]1=CC=CC1.[CH2-]C(CC)CCCC.[Cl-].[Cl-].[Ti+4]. The molecule has 0 fully saturated rings. The molecule has 0 spiro atoms. The molecule has 16 heavy (non-hydrogen) atoms. The first-order chi connectivity index (χ1) is 6.31. The first-order valence-electron chi connectivity index (χ1n) is 5.36. The Morgan fingerprint density at radius 3 is 2.19 bits per heavy atom. The molecule has 92 valence electrons. The van der Waals surface area contributed by atoms with Crippen molar-refractivity contribution < 1.29 is 46.5 Å². The molecule has 0 aromatic rings. The number of hydrogen-bond donors (Lipinski definition) is 0. The molecule has 1 rings (SSSR count). The van der Waals surface area contributed by atoms with Crippen molar-refractivity contribution in [3.05, 3.63) is 31.2 Å². The third kappa shape index (κ3) is 20.2. The van der Waals surface area contributed by atoms with Gasteiger partial charge in [0.2, 0.25) is 0 Å². The maximum absolute atomic E-state index is 3.99. The minimum Gasteiger partial charge on any atom is -1.00 e. The fourth-order valence-corrected chi connectivity index (χ4v) is 1.04. The molecule has 3 heteroatoms. The maximum atomic E-state index is 3.99. The van der Waals surface area contributed by atoms with Gasteiger partial charge in [-0.2, -0.15) is 12.0 Å². The summed E-state index contributed by atoms with van der Waals surface area (Å²) in [5.41, 5.74) is 0. The number of halogens is 2. The monoisotopic (exact) mass is 296 g/mol. The van der Waals surface area contributed by atoms with Gasteiger partial charge in [0.15, 0.2) is 0 Å². The molecule has 0 aromatic heterocycles. The van der Waals surface area contributed by atoms with Crippen molar-refractivity contribution >= 4 is 0 Å². The Bertz CT molecular complexity index is 146. The average molecular weight is 297 g/mol. The van der Waals surface area contributed by atoms with E-state index in [2.05, 4.69) is 32.9 Å². The summed E-state index contributed by atoms with van der Waals surface area (Å²) >= 11 is 0. The van der Waals surface area contributed by atoms with E-state index >= 15 is 0 Å². The zero-order valence-electron chi connectivity index (χ0n) is 10.3. The molecular formula is C13H22Cl2Ti. The quantitative estimate of drug-likeness (QED) is 0.431. The van der Waals surface area contributed by atoms with Gasteiger partial charge in [0, 0.05) is 0 Å². The Morgan fingerprint density at radius 1 is 1.31 bits per heavy atom. The van der Waals surface area contributed by atoms with Crippen LogP contribution in [-0.2, 0) is 21.7 Å². The van der Waals surface area contributed by atoms with Crippen LogP contribution in [0.15, 0.2) is 18.2 Å². The molecule has 0 saturated heterocycles. The van der Waals surface area contributed by atoms with Gasteiger partial charge in [0.05, 0.1) is 0 Å². The summed E-state index contributed by atoms with van der Waals surface area (Å²) in [6, 6.07) is 0. The second-order valence-electron chi connectivity index (χ2n) is 3.42. The van der Waals surface area contributed by atoms with Crippen molar-refractivity contribution in [3.8, 4) is 0 Å². The van der Waals surface area contributed by atoms with Crippen LogP contribution in [0.3, 0.4) is 0 Å². The van der Waals surface area contributed by atoms with Crippen molar-refractivity contribution in [2.75, 3.05) is 0 Å². The summed E-state index contributed by atoms with van der Waals surface area (Å²) < 4.78 is 0. The molecular weight excluding hydrogens is 275 g/mol. The Morgan fingerprint density at radius 2 is 1.94 bits per heavy atom. The van der Waals surface area contributed by atoms with Crippen LogP contribution in [0.4, 0.5) is 0 Å². The summed E-state index contributed by atoms with van der Waals surface area (Å²) in [5, 5.41) is 0. The maximum Gasteiger partial charge on any atom is 4.00 e. The first-order valence-corrected chi connectivity index (χ1v) is 5.36. The standard InChI is InChI=1S/C8H17.C5H5.2ClH.Ti/c1-4-6-7-8(3)5-2;1-2-4-5-3-1;;;/h8H,3-7H2,1-2H3;1-3H,4H2;2*1H;/q2*-1;;;+4/p-2. The molecule has 0 heterocycles. The van der Waals surface area contributed by atoms with E-state index in [1.807, 2.05) is 12.2 Å². The predicted octanol–water partition coefficient (Wildman–Crippen LogP) is -1.65. The predicted molar refractivity (Wildman–Crippen MR) is 60.2 cm³/mol. The van der Waals surface area contributed by atoms with Crippen molar-refractivity contribution in [2.45, 2.75) is 46.0 Å². The molecule has 0 aliphatic heterocycles. The Hall–Kier alpha value is 0.774. The van der Waals surface area contributed by atoms with E-state index in [0.717, 1.165) is 6.42 Å². The van der Waals surface area contributed by atoms with E-state index in [1.165, 1.54) is 25.7 Å². The van der Waals surface area contributed by atoms with Crippen molar-refractivity contribution in [3.63, 3.8) is 0 Å². The molecule has 0 radical (unpaired) electrons. The first kappa shape index (κ1) is 25.6. The average Bonchev–Trinajstić information content (AvgIpc) is 2.72. The number of allylic oxidation sites excluding steroid dienone is 4. The third-order valence-corrected chi connectivity index (χ3v) is 2.13. The van der Waals surface area contributed by atoms with Crippen LogP contribution in [0, 0.1) is 18.9 Å². The Kier molecular flexibility index (Phi) is 33.7. The van der Waals surface area contributed by atoms with Crippen LogP contribution in [0.1, 0.15) is 46.0 Å². The van der Waals surface area contributed by atoms with E-state index in [4.69, 9.17) is 0 Å². The van der Waals surface area contributed by atoms with Gasteiger partial charge in [-0.25, -0.2) is 12.2 Å². The van der Waals surface area contributed by atoms with E-state index in [9.17, 15) is 0 Å². The van der Waals surface area contributed by atoms with Crippen LogP contribution < -0.4 is 24.8 Å². The van der Waals surface area contributed by atoms with Crippen molar-refractivity contribution in [1.82, 2.24) is 0 Å². The van der Waals surface area contributed by atoms with Crippen LogP contribution in [0.5, 0.6) is 0 Å². The molecule has 0 nitrogen and oxygen atoms in total. The van der Waals surface area contributed by atoms with Crippen LogP contribution in [-0.4, -0.2) is 0 Å². The summed E-state index contributed by atoms with van der Waals surface area (Å²) in [4.78, 5) is 0. The number of hydrogen-bond acceptors (Lipinski definition) is 0. The largest absolute Gasteiger partial charge is 4.00 e. The second kappa shape index (κ2) is 21.1. The molecule has 0 bridgehead atoms. The van der Waals surface area contributed by atoms with Gasteiger partial charge < -0.3 is 31.7 Å². The second-order valence-corrected chi connectivity index (χ2v) is 3.42. The van der Waals surface area contributed by atoms with Gasteiger partial charge in [-0.3, -0.25) is 6.08 Å². The third-order valence-electron chi connectivity index (χ3n) is 2.13. The molecule has 1 aliphatic carbocycles. The fraction of sp³-hybridized carbons (Fsp3) is 0.615. The molecule has 0 aromatic carbocycles. The van der Waals surface area contributed by atoms with Gasteiger partial charge in [-0.1, -0.05) is 39.5 Å². The fourth-order valence-electron chi connectivity index (χ4n) is 1.04. The zero-order chi connectivity index (χ0) is 9.94. The van der Waals surface area contributed by atoms with Crippen LogP contribution in [0.25, 0.3) is 0 Å². The van der Waals surface area contributed by atoms with Crippen LogP contribution in [0.2, 0.25) is 0 Å². The summed E-state index contributed by atoms with van der Waals surface area (Å²) in [6.45, 7) is 8.42. The van der Waals surface area contributed by atoms with Crippen LogP contribution >= 0.6 is 0 Å². The van der Waals surface area contributed by atoms with Gasteiger partial charge in [-0.05, 0) is 0 Å². The van der Waals surface area contributed by atoms with E-state index in [0.29, 0.717) is 5.92 Å². The minimum atomic E-state index is 0. The molecule has 1 unspecified atom stereocenters. The normalized spacial score (nSPS) is 12.4.